The average Bonchev–Trinajstić information content (AvgIpc) is 3.36. The predicted molar refractivity (Wildman–Crippen MR) is 342 cm³/mol. The van der Waals surface area contributed by atoms with Crippen LogP contribution in [0.3, 0.4) is 0 Å². The molecule has 424 valence electrons. The van der Waals surface area contributed by atoms with E-state index >= 15 is 0 Å². The first-order valence-corrected chi connectivity index (χ1v) is 27.1. The van der Waals surface area contributed by atoms with Gasteiger partial charge in [-0.05, 0) is 141 Å². The number of halogens is 8. The van der Waals surface area contributed by atoms with Crippen LogP contribution in [-0.4, -0.2) is 199 Å². The Balaban J connectivity index is 0. The summed E-state index contributed by atoms with van der Waals surface area (Å²) < 4.78 is 0. The Kier molecular flexibility index (Phi) is 44.8. The van der Waals surface area contributed by atoms with Crippen LogP contribution in [0, 0.1) is 13.8 Å². The van der Waals surface area contributed by atoms with E-state index in [0.29, 0.717) is 68.5 Å². The van der Waals surface area contributed by atoms with Crippen molar-refractivity contribution in [2.75, 3.05) is 109 Å². The van der Waals surface area contributed by atoms with Crippen molar-refractivity contribution in [1.29, 1.82) is 0 Å². The molecule has 0 fully saturated rings. The zero-order valence-corrected chi connectivity index (χ0v) is 55.9. The second-order valence-corrected chi connectivity index (χ2v) is 21.3. The minimum atomic E-state index is -0.236. The molecule has 22 heteroatoms. The fourth-order valence-electron chi connectivity index (χ4n) is 5.46. The predicted octanol–water partition coefficient (Wildman–Crippen LogP) is 11.4. The van der Waals surface area contributed by atoms with E-state index in [2.05, 4.69) is 58.1 Å². The van der Waals surface area contributed by atoms with Crippen molar-refractivity contribution in [3.05, 3.63) is 183 Å². The molecule has 80 heavy (non-hydrogen) atoms. The third-order valence-electron chi connectivity index (χ3n) is 9.66. The number of nitrogens with zero attached hydrogens (tertiary/aromatic N) is 8. The molecular weight excluding hydrogens is 1200 g/mol. The smallest absolute Gasteiger partial charge is 0.871 e. The monoisotopic (exact) mass is 1270 g/mol. The van der Waals surface area contributed by atoms with Crippen LogP contribution in [0.2, 0.25) is 40.2 Å². The third kappa shape index (κ3) is 37.2. The van der Waals surface area contributed by atoms with Crippen molar-refractivity contribution in [2.45, 2.75) is 13.8 Å². The Morgan fingerprint density at radius 1 is 0.338 bits per heavy atom. The van der Waals surface area contributed by atoms with Crippen LogP contribution in [-0.2, 0) is 0 Å². The Labute approximate surface area is 547 Å². The first-order chi connectivity index (χ1) is 36.8. The summed E-state index contributed by atoms with van der Waals surface area (Å²) >= 11 is 46.0. The van der Waals surface area contributed by atoms with E-state index in [0.717, 1.165) is 26.2 Å². The fraction of sp³-hybridized carbons (Fsp3) is 0.310. The first kappa shape index (κ1) is 79.0. The van der Waals surface area contributed by atoms with Gasteiger partial charge in [-0.25, -0.2) is 0 Å². The Morgan fingerprint density at radius 3 is 0.675 bits per heavy atom. The molecular formula is C58H68Cl8Mg2N8O4. The number of hydrogen-bond donors (Lipinski definition) is 0. The molecule has 0 aliphatic heterocycles. The molecule has 6 aromatic rings. The van der Waals surface area contributed by atoms with E-state index in [9.17, 15) is 20.4 Å². The number of aliphatic imine (C=N–C) groups is 4. The molecule has 6 aromatic carbocycles. The zero-order chi connectivity index (χ0) is 58.7. The molecule has 0 unspecified atom stereocenters. The van der Waals surface area contributed by atoms with Crippen LogP contribution < -0.4 is 20.4 Å². The molecule has 0 saturated carbocycles. The Morgan fingerprint density at radius 2 is 0.525 bits per heavy atom. The van der Waals surface area contributed by atoms with Gasteiger partial charge in [0.2, 0.25) is 0 Å². The summed E-state index contributed by atoms with van der Waals surface area (Å²) in [5, 5.41) is 48.5. The molecule has 0 spiro atoms. The topological polar surface area (TPSA) is 155 Å². The van der Waals surface area contributed by atoms with E-state index in [1.165, 1.54) is 60.3 Å². The molecule has 0 bridgehead atoms. The molecule has 0 radical (unpaired) electrons. The van der Waals surface area contributed by atoms with Gasteiger partial charge in [0.05, 0.1) is 26.2 Å². The Bertz CT molecular complexity index is 2460. The van der Waals surface area contributed by atoms with Gasteiger partial charge >= 0.3 is 46.1 Å². The van der Waals surface area contributed by atoms with Crippen LogP contribution in [0.25, 0.3) is 0 Å². The summed E-state index contributed by atoms with van der Waals surface area (Å²) in [5.41, 5.74) is 4.35. The first-order valence-electron chi connectivity index (χ1n) is 24.1. The van der Waals surface area contributed by atoms with E-state index in [1.807, 2.05) is 112 Å². The molecule has 0 aromatic heterocycles. The summed E-state index contributed by atoms with van der Waals surface area (Å²) in [4.78, 5) is 24.6. The number of rotatable bonds is 16. The molecule has 12 nitrogen and oxygen atoms in total. The minimum absolute atomic E-state index is 0. The SMILES string of the molecule is CN(C)CCN=Cc1cc(Cl)cc(Cl)c1[O-].CN(C)CCN=Cc1cc(Cl)cc(Cl)c1[O-].CN(C)CCN=Cc1cc(Cl)cc(Cl)c1[O-].CN(C)CCN=Cc1cc(Cl)cc(Cl)c1[O-].Cc1ccccc1.Cc1ccccc1.[Mg+2].[Mg+2]. The number of hydrogen-bond acceptors (Lipinski definition) is 12. The maximum atomic E-state index is 11.6. The van der Waals surface area contributed by atoms with Gasteiger partial charge in [0.15, 0.2) is 0 Å². The van der Waals surface area contributed by atoms with Gasteiger partial charge in [0.25, 0.3) is 0 Å². The van der Waals surface area contributed by atoms with Crippen molar-refractivity contribution >= 4 is 164 Å². The van der Waals surface area contributed by atoms with E-state index in [1.54, 1.807) is 24.3 Å². The standard InChI is InChI=1S/4C11H14Cl2N2O.2C7H8.2Mg/c4*1-15(2)4-3-14-7-8-5-9(12)6-10(13)11(8)16;2*1-7-5-3-2-4-6-7;;/h4*5-7,16H,3-4H2,1-2H3;2*2-6H,1H3;;/q;;;;;;2*+2/p-4. The molecule has 0 saturated heterocycles. The molecule has 0 atom stereocenters. The van der Waals surface area contributed by atoms with Gasteiger partial charge in [-0.3, -0.25) is 20.0 Å². The molecule has 6 rings (SSSR count). The molecule has 0 aliphatic carbocycles. The van der Waals surface area contributed by atoms with Gasteiger partial charge in [0, 0.05) is 91.2 Å². The van der Waals surface area contributed by atoms with Gasteiger partial charge in [-0.2, -0.15) is 0 Å². The van der Waals surface area contributed by atoms with Crippen molar-refractivity contribution in [1.82, 2.24) is 19.6 Å². The normalized spacial score (nSPS) is 10.8. The summed E-state index contributed by atoms with van der Waals surface area (Å²) in [6.07, 6.45) is 6.07. The summed E-state index contributed by atoms with van der Waals surface area (Å²) in [7, 11) is 15.7. The van der Waals surface area contributed by atoms with Crippen molar-refractivity contribution in [3.8, 4) is 23.0 Å². The summed E-state index contributed by atoms with van der Waals surface area (Å²) in [6, 6.07) is 32.5. The summed E-state index contributed by atoms with van der Waals surface area (Å²) in [6.45, 7) is 10.0. The van der Waals surface area contributed by atoms with E-state index in [4.69, 9.17) is 92.8 Å². The van der Waals surface area contributed by atoms with Crippen LogP contribution in [0.5, 0.6) is 23.0 Å². The molecule has 0 N–H and O–H groups in total. The quantitative estimate of drug-likeness (QED) is 0.0685. The summed E-state index contributed by atoms with van der Waals surface area (Å²) in [5.74, 6) is -0.946. The fourth-order valence-corrected chi connectivity index (χ4v) is 7.49. The van der Waals surface area contributed by atoms with Gasteiger partial charge in [-0.15, -0.1) is 0 Å². The number of likely N-dealkylation sites (N-methyl/N-ethyl adjacent to an activating group) is 4. The van der Waals surface area contributed by atoms with Crippen molar-refractivity contribution in [2.24, 2.45) is 20.0 Å². The van der Waals surface area contributed by atoms with Gasteiger partial charge in [0.1, 0.15) is 0 Å². The molecule has 0 amide bonds. The maximum Gasteiger partial charge on any atom is 2.00 e. The second kappa shape index (κ2) is 45.3. The third-order valence-corrected chi connectivity index (χ3v) is 11.7. The van der Waals surface area contributed by atoms with Crippen molar-refractivity contribution in [3.63, 3.8) is 0 Å². The van der Waals surface area contributed by atoms with E-state index < -0.39 is 0 Å². The number of benzene rings is 6. The van der Waals surface area contributed by atoms with Gasteiger partial charge < -0.3 is 40.0 Å². The Hall–Kier alpha value is -3.11. The second-order valence-electron chi connectivity index (χ2n) is 17.9. The zero-order valence-electron chi connectivity index (χ0n) is 47.0. The van der Waals surface area contributed by atoms with Crippen LogP contribution >= 0.6 is 92.8 Å². The number of aryl methyl sites for hydroxylation is 2. The van der Waals surface area contributed by atoms with Gasteiger partial charge in [-0.1, -0.05) is 188 Å². The van der Waals surface area contributed by atoms with Crippen LogP contribution in [0.1, 0.15) is 33.4 Å². The maximum absolute atomic E-state index is 11.6. The minimum Gasteiger partial charge on any atom is -0.871 e. The molecule has 0 heterocycles. The molecule has 0 aliphatic rings. The average molecular weight is 1270 g/mol. The largest absolute Gasteiger partial charge is 2.00 e. The van der Waals surface area contributed by atoms with Crippen LogP contribution in [0.4, 0.5) is 0 Å². The van der Waals surface area contributed by atoms with E-state index in [-0.39, 0.29) is 89.2 Å². The van der Waals surface area contributed by atoms with Crippen LogP contribution in [0.15, 0.2) is 129 Å². The van der Waals surface area contributed by atoms with Crippen molar-refractivity contribution < 1.29 is 20.4 Å².